The maximum Gasteiger partial charge on any atom is 0.336 e. The van der Waals surface area contributed by atoms with Gasteiger partial charge >= 0.3 is 11.9 Å². The van der Waals surface area contributed by atoms with E-state index in [0.29, 0.717) is 51.4 Å². The molecule has 0 saturated heterocycles. The van der Waals surface area contributed by atoms with Gasteiger partial charge in [0.2, 0.25) is 23.5 Å². The summed E-state index contributed by atoms with van der Waals surface area (Å²) in [5, 5.41) is 20.8. The summed E-state index contributed by atoms with van der Waals surface area (Å²) in [5.74, 6) is -1.28. The van der Waals surface area contributed by atoms with Crippen LogP contribution in [0.15, 0.2) is 34.6 Å². The molecule has 14 heteroatoms. The molecule has 46 heavy (non-hydrogen) atoms. The number of methoxy groups -OCH3 is 4. The van der Waals surface area contributed by atoms with E-state index in [2.05, 4.69) is 40.7 Å². The van der Waals surface area contributed by atoms with E-state index in [-0.39, 0.29) is 38.9 Å². The predicted octanol–water partition coefficient (Wildman–Crippen LogP) is 6.20. The molecular formula is C32H42N4O8S2. The fraction of sp³-hybridized carbons (Fsp3) is 0.500. The smallest absolute Gasteiger partial charge is 0.336 e. The highest BCUT2D eigenvalue weighted by Gasteiger charge is 2.34. The van der Waals surface area contributed by atoms with Crippen molar-refractivity contribution in [3.8, 4) is 23.5 Å². The van der Waals surface area contributed by atoms with Gasteiger partial charge in [0.25, 0.3) is 0 Å². The summed E-state index contributed by atoms with van der Waals surface area (Å²) in [6, 6.07) is 6.24. The Morgan fingerprint density at radius 2 is 1.07 bits per heavy atom. The molecule has 3 aromatic rings. The molecule has 2 N–H and O–H groups in total. The number of aromatic nitrogens is 4. The van der Waals surface area contributed by atoms with Crippen LogP contribution in [0, 0.1) is 10.8 Å². The van der Waals surface area contributed by atoms with Crippen LogP contribution in [0.1, 0.15) is 73.4 Å². The van der Waals surface area contributed by atoms with Gasteiger partial charge in [-0.15, -0.1) is 0 Å². The molecule has 1 aromatic carbocycles. The number of carbonyl (C=O) groups is 2. The standard InChI is InChI=1S/C32H42N4O8S2/c1-31(2,3)20(45-29-33-22(41-7)15-23(34-29)42-8)13-17-11-12-18(27(37)38)26(28(39)40)19(17)14-21(32(4,5)6)46-30-35-24(43-9)16-25(36-30)44-10/h11-12,15-16,20-21H,13-14H2,1-10H3,(H,37,38)(H,39,40). The molecule has 250 valence electrons. The van der Waals surface area contributed by atoms with E-state index in [4.69, 9.17) is 18.9 Å². The molecule has 2 heterocycles. The maximum atomic E-state index is 12.8. The van der Waals surface area contributed by atoms with Gasteiger partial charge in [-0.25, -0.2) is 9.59 Å². The molecule has 0 saturated carbocycles. The van der Waals surface area contributed by atoms with Crippen molar-refractivity contribution in [2.45, 2.75) is 75.2 Å². The molecular weight excluding hydrogens is 633 g/mol. The van der Waals surface area contributed by atoms with Gasteiger partial charge in [0.1, 0.15) is 0 Å². The lowest BCUT2D eigenvalue weighted by Gasteiger charge is -2.33. The van der Waals surface area contributed by atoms with Crippen molar-refractivity contribution in [3.05, 3.63) is 46.5 Å². The average molecular weight is 675 g/mol. The second kappa shape index (κ2) is 15.2. The largest absolute Gasteiger partial charge is 0.481 e. The van der Waals surface area contributed by atoms with Crippen molar-refractivity contribution in [1.82, 2.24) is 19.9 Å². The molecule has 0 bridgehead atoms. The summed E-state index contributed by atoms with van der Waals surface area (Å²) in [5.41, 5.74) is -0.0540. The normalized spacial score (nSPS) is 13.1. The average Bonchev–Trinajstić information content (AvgIpc) is 2.98. The van der Waals surface area contributed by atoms with Crippen molar-refractivity contribution in [3.63, 3.8) is 0 Å². The summed E-state index contributed by atoms with van der Waals surface area (Å²) >= 11 is 2.77. The zero-order valence-corrected chi connectivity index (χ0v) is 29.5. The zero-order valence-electron chi connectivity index (χ0n) is 27.8. The molecule has 0 aliphatic carbocycles. The van der Waals surface area contributed by atoms with Gasteiger partial charge in [0.05, 0.1) is 51.7 Å². The minimum atomic E-state index is -1.32. The highest BCUT2D eigenvalue weighted by atomic mass is 32.2. The number of hydrogen-bond donors (Lipinski definition) is 2. The number of ether oxygens (including phenoxy) is 4. The molecule has 0 aliphatic rings. The van der Waals surface area contributed by atoms with Crippen molar-refractivity contribution in [2.75, 3.05) is 28.4 Å². The van der Waals surface area contributed by atoms with Crippen LogP contribution in [0.2, 0.25) is 0 Å². The lowest BCUT2D eigenvalue weighted by molar-refractivity contribution is 0.0650. The lowest BCUT2D eigenvalue weighted by Crippen LogP contribution is -2.30. The van der Waals surface area contributed by atoms with Crippen LogP contribution in [-0.4, -0.2) is 81.0 Å². The first-order chi connectivity index (χ1) is 21.5. The number of carboxylic acid groups (broad SMARTS) is 2. The van der Waals surface area contributed by atoms with Crippen LogP contribution in [0.25, 0.3) is 0 Å². The number of carboxylic acids is 2. The van der Waals surface area contributed by atoms with Gasteiger partial charge in [0.15, 0.2) is 10.3 Å². The highest BCUT2D eigenvalue weighted by Crippen LogP contribution is 2.42. The van der Waals surface area contributed by atoms with Crippen molar-refractivity contribution >= 4 is 35.5 Å². The molecule has 12 nitrogen and oxygen atoms in total. The van der Waals surface area contributed by atoms with Gasteiger partial charge in [0, 0.05) is 10.5 Å². The van der Waals surface area contributed by atoms with Crippen LogP contribution >= 0.6 is 23.5 Å². The van der Waals surface area contributed by atoms with E-state index >= 15 is 0 Å². The fourth-order valence-corrected chi connectivity index (χ4v) is 6.82. The fourth-order valence-electron chi connectivity index (χ4n) is 4.52. The minimum Gasteiger partial charge on any atom is -0.481 e. The predicted molar refractivity (Wildman–Crippen MR) is 176 cm³/mol. The topological polar surface area (TPSA) is 163 Å². The van der Waals surface area contributed by atoms with Gasteiger partial charge in [-0.05, 0) is 40.9 Å². The SMILES string of the molecule is COc1cc(OC)nc(SC(Cc2ccc(C(=O)O)c(C(=O)O)c2CC(Sc2nc(OC)cc(OC)n2)C(C)(C)C)C(C)(C)C)n1. The molecule has 0 fully saturated rings. The number of thioether (sulfide) groups is 2. The minimum absolute atomic E-state index is 0.160. The van der Waals surface area contributed by atoms with Gasteiger partial charge in [-0.3, -0.25) is 0 Å². The molecule has 2 atom stereocenters. The Bertz CT molecular complexity index is 1510. The Kier molecular flexibility index (Phi) is 12.1. The number of rotatable bonds is 14. The van der Waals surface area contributed by atoms with Crippen LogP contribution in [0.3, 0.4) is 0 Å². The first-order valence-corrected chi connectivity index (χ1v) is 16.1. The summed E-state index contributed by atoms with van der Waals surface area (Å²) in [6.45, 7) is 12.3. The molecule has 2 unspecified atom stereocenters. The summed E-state index contributed by atoms with van der Waals surface area (Å²) in [7, 11) is 6.02. The van der Waals surface area contributed by atoms with Gasteiger partial charge < -0.3 is 29.2 Å². The van der Waals surface area contributed by atoms with E-state index in [1.807, 2.05) is 20.8 Å². The zero-order chi connectivity index (χ0) is 34.4. The van der Waals surface area contributed by atoms with Crippen LogP contribution in [0.4, 0.5) is 0 Å². The molecule has 0 amide bonds. The van der Waals surface area contributed by atoms with Crippen LogP contribution < -0.4 is 18.9 Å². The lowest BCUT2D eigenvalue weighted by atomic mass is 9.81. The molecule has 2 aromatic heterocycles. The molecule has 0 radical (unpaired) electrons. The number of hydrogen-bond acceptors (Lipinski definition) is 12. The summed E-state index contributed by atoms with van der Waals surface area (Å²) in [6.07, 6.45) is 0.623. The van der Waals surface area contributed by atoms with E-state index in [0.717, 1.165) is 0 Å². The van der Waals surface area contributed by atoms with Crippen LogP contribution in [-0.2, 0) is 12.8 Å². The third-order valence-corrected chi connectivity index (χ3v) is 10.3. The Morgan fingerprint density at radius 3 is 1.39 bits per heavy atom. The first-order valence-electron chi connectivity index (χ1n) is 14.4. The van der Waals surface area contributed by atoms with Crippen molar-refractivity contribution in [2.24, 2.45) is 10.8 Å². The Balaban J connectivity index is 2.17. The second-order valence-corrected chi connectivity index (χ2v) is 14.9. The summed E-state index contributed by atoms with van der Waals surface area (Å²) in [4.78, 5) is 43.0. The van der Waals surface area contributed by atoms with E-state index in [9.17, 15) is 19.8 Å². The number of nitrogens with zero attached hydrogens (tertiary/aromatic N) is 4. The monoisotopic (exact) mass is 674 g/mol. The third-order valence-electron chi connectivity index (χ3n) is 7.23. The third kappa shape index (κ3) is 9.38. The van der Waals surface area contributed by atoms with Crippen molar-refractivity contribution in [1.29, 1.82) is 0 Å². The number of benzene rings is 1. The van der Waals surface area contributed by atoms with Gasteiger partial charge in [-0.1, -0.05) is 71.1 Å². The highest BCUT2D eigenvalue weighted by molar-refractivity contribution is 8.00. The first kappa shape index (κ1) is 36.7. The van der Waals surface area contributed by atoms with E-state index in [1.165, 1.54) is 58.0 Å². The number of aromatic carboxylic acids is 2. The maximum absolute atomic E-state index is 12.8. The van der Waals surface area contributed by atoms with E-state index in [1.54, 1.807) is 18.2 Å². The Labute approximate surface area is 278 Å². The van der Waals surface area contributed by atoms with Crippen LogP contribution in [0.5, 0.6) is 23.5 Å². The quantitative estimate of drug-likeness (QED) is 0.147. The van der Waals surface area contributed by atoms with Crippen molar-refractivity contribution < 1.29 is 38.7 Å². The second-order valence-electron chi connectivity index (χ2n) is 12.6. The Morgan fingerprint density at radius 1 is 0.674 bits per heavy atom. The summed E-state index contributed by atoms with van der Waals surface area (Å²) < 4.78 is 21.3. The molecule has 3 rings (SSSR count). The van der Waals surface area contributed by atoms with Gasteiger partial charge in [-0.2, -0.15) is 19.9 Å². The Hall–Kier alpha value is -3.78. The molecule has 0 aliphatic heterocycles. The molecule has 0 spiro atoms. The van der Waals surface area contributed by atoms with E-state index < -0.39 is 11.9 Å².